The Hall–Kier alpha value is -0.677. The standard InChI is InChI=1S/2C9H11.C4H8.Zr/c2*1-2-5-9-7-3-6-8(9)4-1;1-3-4-2;/h2*1-2,4,6,9H,3,5,7H2;3-4H,1-2H3;/q2*-1;;+2. The average molecular weight is 386 g/mol. The van der Waals surface area contributed by atoms with Crippen molar-refractivity contribution in [2.75, 3.05) is 0 Å². The molecule has 4 aliphatic rings. The molecular formula is C22H30Zr. The van der Waals surface area contributed by atoms with Gasteiger partial charge in [-0.05, 0) is 38.5 Å². The van der Waals surface area contributed by atoms with Crippen molar-refractivity contribution in [3.05, 3.63) is 72.6 Å². The second-order valence-electron chi connectivity index (χ2n) is 6.28. The van der Waals surface area contributed by atoms with Gasteiger partial charge in [-0.15, -0.1) is 37.1 Å². The Kier molecular flexibility index (Phi) is 10.4. The molecule has 0 bridgehead atoms. The second-order valence-corrected chi connectivity index (χ2v) is 6.28. The third-order valence-corrected chi connectivity index (χ3v) is 4.76. The molecular weight excluding hydrogens is 355 g/mol. The summed E-state index contributed by atoms with van der Waals surface area (Å²) in [5.41, 5.74) is 3.16. The Morgan fingerprint density at radius 3 is 1.61 bits per heavy atom. The van der Waals surface area contributed by atoms with E-state index in [0.29, 0.717) is 0 Å². The molecule has 0 amide bonds. The van der Waals surface area contributed by atoms with Gasteiger partial charge in [0.1, 0.15) is 0 Å². The zero-order valence-electron chi connectivity index (χ0n) is 14.7. The SMILES string of the molecule is C1=CCC2CC[CH-]C2=C1.C1=CCC2CC[CH-]C2=C1.CC=CC.[Zr+2]. The minimum absolute atomic E-state index is 0. The summed E-state index contributed by atoms with van der Waals surface area (Å²) in [5, 5.41) is 0. The van der Waals surface area contributed by atoms with E-state index in [0.717, 1.165) is 11.8 Å². The van der Waals surface area contributed by atoms with E-state index < -0.39 is 0 Å². The van der Waals surface area contributed by atoms with Crippen LogP contribution in [0.4, 0.5) is 0 Å². The molecule has 1 heteroatoms. The van der Waals surface area contributed by atoms with Crippen LogP contribution in [0.1, 0.15) is 52.4 Å². The number of hydrogen-bond acceptors (Lipinski definition) is 0. The molecule has 0 nitrogen and oxygen atoms in total. The van der Waals surface area contributed by atoms with E-state index in [2.05, 4.69) is 49.3 Å². The van der Waals surface area contributed by atoms with Gasteiger partial charge in [0.15, 0.2) is 0 Å². The summed E-state index contributed by atoms with van der Waals surface area (Å²) in [5.74, 6) is 1.77. The molecule has 0 aromatic heterocycles. The maximum absolute atomic E-state index is 2.37. The smallest absolute Gasteiger partial charge is 0.227 e. The molecule has 0 heterocycles. The van der Waals surface area contributed by atoms with Gasteiger partial charge in [0.25, 0.3) is 0 Å². The maximum atomic E-state index is 2.37. The van der Waals surface area contributed by atoms with Gasteiger partial charge in [0.2, 0.25) is 0 Å². The normalized spacial score (nSPS) is 26.0. The predicted octanol–water partition coefficient (Wildman–Crippen LogP) is 6.55. The van der Waals surface area contributed by atoms with Crippen LogP contribution in [0.5, 0.6) is 0 Å². The molecule has 0 aliphatic heterocycles. The molecule has 2 atom stereocenters. The fourth-order valence-corrected chi connectivity index (χ4v) is 3.33. The first kappa shape index (κ1) is 20.4. The third-order valence-electron chi connectivity index (χ3n) is 4.76. The van der Waals surface area contributed by atoms with Crippen LogP contribution < -0.4 is 0 Å². The van der Waals surface area contributed by atoms with E-state index in [1.807, 2.05) is 26.0 Å². The summed E-state index contributed by atoms with van der Waals surface area (Å²) in [6, 6.07) is 0. The molecule has 4 rings (SSSR count). The fourth-order valence-electron chi connectivity index (χ4n) is 3.33. The van der Waals surface area contributed by atoms with Crippen molar-refractivity contribution in [2.24, 2.45) is 11.8 Å². The van der Waals surface area contributed by atoms with Crippen molar-refractivity contribution in [1.29, 1.82) is 0 Å². The van der Waals surface area contributed by atoms with E-state index in [1.54, 1.807) is 11.1 Å². The van der Waals surface area contributed by atoms with Crippen LogP contribution in [0.25, 0.3) is 0 Å². The van der Waals surface area contributed by atoms with Gasteiger partial charge < -0.3 is 0 Å². The second kappa shape index (κ2) is 11.8. The predicted molar refractivity (Wildman–Crippen MR) is 98.2 cm³/mol. The molecule has 0 spiro atoms. The van der Waals surface area contributed by atoms with Crippen LogP contribution in [-0.4, -0.2) is 0 Å². The monoisotopic (exact) mass is 384 g/mol. The van der Waals surface area contributed by atoms with Crippen LogP contribution in [0.3, 0.4) is 0 Å². The Bertz CT molecular complexity index is 432. The van der Waals surface area contributed by atoms with Gasteiger partial charge in [-0.25, -0.2) is 36.1 Å². The van der Waals surface area contributed by atoms with Crippen LogP contribution >= 0.6 is 0 Å². The molecule has 0 saturated heterocycles. The first-order valence-corrected chi connectivity index (χ1v) is 8.82. The molecule has 2 saturated carbocycles. The van der Waals surface area contributed by atoms with Gasteiger partial charge in [-0.2, -0.15) is 0 Å². The van der Waals surface area contributed by atoms with Crippen LogP contribution in [0, 0.1) is 24.7 Å². The molecule has 23 heavy (non-hydrogen) atoms. The fraction of sp³-hybridized carbons (Fsp3) is 0.455. The molecule has 0 radical (unpaired) electrons. The van der Waals surface area contributed by atoms with E-state index in [9.17, 15) is 0 Å². The molecule has 4 aliphatic carbocycles. The van der Waals surface area contributed by atoms with E-state index in [4.69, 9.17) is 0 Å². The van der Waals surface area contributed by atoms with Crippen molar-refractivity contribution in [3.63, 3.8) is 0 Å². The summed E-state index contributed by atoms with van der Waals surface area (Å²) in [6.45, 7) is 4.00. The average Bonchev–Trinajstić information content (AvgIpc) is 3.24. The van der Waals surface area contributed by atoms with Gasteiger partial charge >= 0.3 is 26.2 Å². The first-order chi connectivity index (χ1) is 10.8. The molecule has 122 valence electrons. The largest absolute Gasteiger partial charge is 2.00 e. The minimum Gasteiger partial charge on any atom is -0.227 e. The Labute approximate surface area is 162 Å². The molecule has 2 unspecified atom stereocenters. The van der Waals surface area contributed by atoms with Crippen molar-refractivity contribution < 1.29 is 26.2 Å². The Morgan fingerprint density at radius 1 is 0.826 bits per heavy atom. The maximum Gasteiger partial charge on any atom is 2.00 e. The topological polar surface area (TPSA) is 0 Å². The van der Waals surface area contributed by atoms with Crippen LogP contribution in [0.2, 0.25) is 0 Å². The summed E-state index contributed by atoms with van der Waals surface area (Å²) in [6.07, 6.45) is 30.1. The summed E-state index contributed by atoms with van der Waals surface area (Å²) < 4.78 is 0. The molecule has 0 N–H and O–H groups in total. The Balaban J connectivity index is 0.000000182. The van der Waals surface area contributed by atoms with Crippen LogP contribution in [0.15, 0.2) is 59.8 Å². The van der Waals surface area contributed by atoms with E-state index in [1.165, 1.54) is 38.5 Å². The first-order valence-electron chi connectivity index (χ1n) is 8.82. The number of allylic oxidation sites excluding steroid dienone is 10. The number of hydrogen-bond donors (Lipinski definition) is 0. The van der Waals surface area contributed by atoms with Gasteiger partial charge in [-0.1, -0.05) is 25.0 Å². The van der Waals surface area contributed by atoms with Crippen LogP contribution in [-0.2, 0) is 26.2 Å². The van der Waals surface area contributed by atoms with Gasteiger partial charge in [0.05, 0.1) is 0 Å². The molecule has 2 fully saturated rings. The summed E-state index contributed by atoms with van der Waals surface area (Å²) in [7, 11) is 0. The molecule has 0 aromatic rings. The van der Waals surface area contributed by atoms with Crippen molar-refractivity contribution >= 4 is 0 Å². The third kappa shape index (κ3) is 6.76. The quantitative estimate of drug-likeness (QED) is 0.327. The minimum atomic E-state index is 0. The van der Waals surface area contributed by atoms with E-state index >= 15 is 0 Å². The number of rotatable bonds is 0. The Morgan fingerprint density at radius 2 is 1.26 bits per heavy atom. The van der Waals surface area contributed by atoms with Crippen molar-refractivity contribution in [2.45, 2.75) is 52.4 Å². The zero-order chi connectivity index (χ0) is 15.6. The number of fused-ring (bicyclic) bond motifs is 2. The van der Waals surface area contributed by atoms with Crippen molar-refractivity contribution in [1.82, 2.24) is 0 Å². The van der Waals surface area contributed by atoms with E-state index in [-0.39, 0.29) is 26.2 Å². The summed E-state index contributed by atoms with van der Waals surface area (Å²) in [4.78, 5) is 0. The van der Waals surface area contributed by atoms with Crippen molar-refractivity contribution in [3.8, 4) is 0 Å². The molecule has 0 aromatic carbocycles. The summed E-state index contributed by atoms with van der Waals surface area (Å²) >= 11 is 0. The zero-order valence-corrected chi connectivity index (χ0v) is 17.1. The van der Waals surface area contributed by atoms with Gasteiger partial charge in [-0.3, -0.25) is 0 Å². The van der Waals surface area contributed by atoms with Gasteiger partial charge in [0, 0.05) is 0 Å².